The Kier molecular flexibility index (Phi) is 4.34. The third kappa shape index (κ3) is 3.50. The lowest BCUT2D eigenvalue weighted by Gasteiger charge is -2.15. The number of furan rings is 1. The minimum Gasteiger partial charge on any atom is -0.456 e. The summed E-state index contributed by atoms with van der Waals surface area (Å²) >= 11 is 1.87. The first-order valence-corrected chi connectivity index (χ1v) is 8.24. The highest BCUT2D eigenvalue weighted by molar-refractivity contribution is 7.99. The van der Waals surface area contributed by atoms with Crippen LogP contribution in [0, 0.1) is 12.8 Å². The molecule has 1 saturated heterocycles. The largest absolute Gasteiger partial charge is 0.456 e. The molecule has 0 N–H and O–H groups in total. The average molecular weight is 301 g/mol. The number of rotatable bonds is 4. The van der Waals surface area contributed by atoms with Crippen LogP contribution in [0.25, 0.3) is 0 Å². The summed E-state index contributed by atoms with van der Waals surface area (Å²) in [6.45, 7) is 3.52. The predicted octanol–water partition coefficient (Wildman–Crippen LogP) is 3.84. The number of carbonyl (C=O) groups excluding carboxylic acids is 1. The Hall–Kier alpha value is -1.68. The SMILES string of the molecule is Cc1ccc(C(=O)N2CCC(CSc3ccccc3)C2)o1. The number of hydrogen-bond acceptors (Lipinski definition) is 3. The highest BCUT2D eigenvalue weighted by atomic mass is 32.2. The molecule has 1 aromatic heterocycles. The molecular formula is C17H19NO2S. The molecular weight excluding hydrogens is 282 g/mol. The van der Waals surface area contributed by atoms with Crippen molar-refractivity contribution in [3.63, 3.8) is 0 Å². The molecule has 1 unspecified atom stereocenters. The number of thioether (sulfide) groups is 1. The summed E-state index contributed by atoms with van der Waals surface area (Å²) in [5, 5.41) is 0. The van der Waals surface area contributed by atoms with Crippen molar-refractivity contribution in [2.45, 2.75) is 18.2 Å². The van der Waals surface area contributed by atoms with E-state index in [0.29, 0.717) is 11.7 Å². The van der Waals surface area contributed by atoms with E-state index in [4.69, 9.17) is 4.42 Å². The molecule has 3 rings (SSSR count). The Morgan fingerprint density at radius 2 is 2.10 bits per heavy atom. The van der Waals surface area contributed by atoms with Crippen LogP contribution in [0.4, 0.5) is 0 Å². The van der Waals surface area contributed by atoms with Crippen molar-refractivity contribution in [1.29, 1.82) is 0 Å². The van der Waals surface area contributed by atoms with Crippen molar-refractivity contribution < 1.29 is 9.21 Å². The molecule has 0 saturated carbocycles. The van der Waals surface area contributed by atoms with E-state index < -0.39 is 0 Å². The number of hydrogen-bond donors (Lipinski definition) is 0. The van der Waals surface area contributed by atoms with Crippen LogP contribution < -0.4 is 0 Å². The van der Waals surface area contributed by atoms with Crippen LogP contribution >= 0.6 is 11.8 Å². The van der Waals surface area contributed by atoms with Crippen molar-refractivity contribution in [2.75, 3.05) is 18.8 Å². The predicted molar refractivity (Wildman–Crippen MR) is 84.6 cm³/mol. The van der Waals surface area contributed by atoms with Gasteiger partial charge in [0, 0.05) is 23.7 Å². The van der Waals surface area contributed by atoms with E-state index in [1.165, 1.54) is 4.90 Å². The fourth-order valence-electron chi connectivity index (χ4n) is 2.59. The third-order valence-electron chi connectivity index (χ3n) is 3.75. The van der Waals surface area contributed by atoms with Crippen molar-refractivity contribution >= 4 is 17.7 Å². The Balaban J connectivity index is 1.52. The maximum atomic E-state index is 12.3. The van der Waals surface area contributed by atoms with Crippen LogP contribution in [0.15, 0.2) is 51.8 Å². The molecule has 1 atom stereocenters. The smallest absolute Gasteiger partial charge is 0.289 e. The van der Waals surface area contributed by atoms with Gasteiger partial charge in [0.15, 0.2) is 5.76 Å². The summed E-state index contributed by atoms with van der Waals surface area (Å²) < 4.78 is 5.43. The van der Waals surface area contributed by atoms with Crippen LogP contribution in [0.1, 0.15) is 22.7 Å². The molecule has 1 aliphatic heterocycles. The van der Waals surface area contributed by atoms with Crippen LogP contribution in [0.2, 0.25) is 0 Å². The molecule has 0 bridgehead atoms. The first kappa shape index (κ1) is 14.3. The van der Waals surface area contributed by atoms with Gasteiger partial charge in [0.25, 0.3) is 5.91 Å². The monoisotopic (exact) mass is 301 g/mol. The average Bonchev–Trinajstić information content (AvgIpc) is 3.14. The van der Waals surface area contributed by atoms with Gasteiger partial charge in [-0.05, 0) is 43.5 Å². The molecule has 21 heavy (non-hydrogen) atoms. The van der Waals surface area contributed by atoms with Gasteiger partial charge in [-0.3, -0.25) is 4.79 Å². The molecule has 2 heterocycles. The third-order valence-corrected chi connectivity index (χ3v) is 5.00. The zero-order valence-corrected chi connectivity index (χ0v) is 12.9. The van der Waals surface area contributed by atoms with E-state index in [9.17, 15) is 4.79 Å². The van der Waals surface area contributed by atoms with Gasteiger partial charge in [-0.25, -0.2) is 0 Å². The van der Waals surface area contributed by atoms with Crippen LogP contribution in [0.3, 0.4) is 0 Å². The fraction of sp³-hybridized carbons (Fsp3) is 0.353. The van der Waals surface area contributed by atoms with E-state index in [1.54, 1.807) is 6.07 Å². The molecule has 3 nitrogen and oxygen atoms in total. The van der Waals surface area contributed by atoms with Crippen molar-refractivity contribution in [2.24, 2.45) is 5.92 Å². The van der Waals surface area contributed by atoms with Gasteiger partial charge in [0.05, 0.1) is 0 Å². The molecule has 1 aromatic carbocycles. The number of nitrogens with zero attached hydrogens (tertiary/aromatic N) is 1. The van der Waals surface area contributed by atoms with Crippen LogP contribution in [0.5, 0.6) is 0 Å². The first-order chi connectivity index (χ1) is 10.2. The molecule has 1 fully saturated rings. The topological polar surface area (TPSA) is 33.5 Å². The van der Waals surface area contributed by atoms with E-state index in [2.05, 4.69) is 24.3 Å². The van der Waals surface area contributed by atoms with E-state index in [1.807, 2.05) is 35.7 Å². The summed E-state index contributed by atoms with van der Waals surface area (Å²) in [7, 11) is 0. The molecule has 2 aromatic rings. The van der Waals surface area contributed by atoms with E-state index >= 15 is 0 Å². The molecule has 4 heteroatoms. The quantitative estimate of drug-likeness (QED) is 0.804. The lowest BCUT2D eigenvalue weighted by atomic mass is 10.2. The number of amides is 1. The number of carbonyl (C=O) groups is 1. The molecule has 0 radical (unpaired) electrons. The maximum Gasteiger partial charge on any atom is 0.289 e. The summed E-state index contributed by atoms with van der Waals surface area (Å²) in [6.07, 6.45) is 1.07. The molecule has 0 aliphatic carbocycles. The number of likely N-dealkylation sites (tertiary alicyclic amines) is 1. The zero-order chi connectivity index (χ0) is 14.7. The van der Waals surface area contributed by atoms with Gasteiger partial charge < -0.3 is 9.32 Å². The molecule has 1 aliphatic rings. The van der Waals surface area contributed by atoms with Gasteiger partial charge in [-0.2, -0.15) is 0 Å². The summed E-state index contributed by atoms with van der Waals surface area (Å²) in [6, 6.07) is 14.0. The standard InChI is InChI=1S/C17H19NO2S/c1-13-7-8-16(20-13)17(19)18-10-9-14(11-18)12-21-15-5-3-2-4-6-15/h2-8,14H,9-12H2,1H3. The molecule has 0 spiro atoms. The Bertz CT molecular complexity index is 608. The second kappa shape index (κ2) is 6.39. The molecule has 1 amide bonds. The fourth-order valence-corrected chi connectivity index (χ4v) is 3.64. The molecule has 110 valence electrons. The van der Waals surface area contributed by atoms with Gasteiger partial charge in [0.1, 0.15) is 5.76 Å². The van der Waals surface area contributed by atoms with Gasteiger partial charge >= 0.3 is 0 Å². The highest BCUT2D eigenvalue weighted by Gasteiger charge is 2.28. The van der Waals surface area contributed by atoms with Crippen molar-refractivity contribution in [3.05, 3.63) is 54.0 Å². The van der Waals surface area contributed by atoms with Gasteiger partial charge in [-0.15, -0.1) is 11.8 Å². The number of benzene rings is 1. The lowest BCUT2D eigenvalue weighted by Crippen LogP contribution is -2.28. The Morgan fingerprint density at radius 3 is 2.81 bits per heavy atom. The van der Waals surface area contributed by atoms with E-state index in [-0.39, 0.29) is 5.91 Å². The van der Waals surface area contributed by atoms with Gasteiger partial charge in [0.2, 0.25) is 0 Å². The Morgan fingerprint density at radius 1 is 1.29 bits per heavy atom. The van der Waals surface area contributed by atoms with Gasteiger partial charge in [-0.1, -0.05) is 18.2 Å². The van der Waals surface area contributed by atoms with Crippen molar-refractivity contribution in [3.8, 4) is 0 Å². The maximum absolute atomic E-state index is 12.3. The highest BCUT2D eigenvalue weighted by Crippen LogP contribution is 2.26. The Labute approximate surface area is 129 Å². The van der Waals surface area contributed by atoms with E-state index in [0.717, 1.165) is 31.0 Å². The summed E-state index contributed by atoms with van der Waals surface area (Å²) in [4.78, 5) is 15.5. The second-order valence-corrected chi connectivity index (χ2v) is 6.53. The van der Waals surface area contributed by atoms with Crippen molar-refractivity contribution in [1.82, 2.24) is 4.90 Å². The summed E-state index contributed by atoms with van der Waals surface area (Å²) in [5.41, 5.74) is 0. The second-order valence-electron chi connectivity index (χ2n) is 5.44. The van der Waals surface area contributed by atoms with Crippen LogP contribution in [-0.4, -0.2) is 29.6 Å². The minimum atomic E-state index is 0.0234. The minimum absolute atomic E-state index is 0.0234. The zero-order valence-electron chi connectivity index (χ0n) is 12.1. The first-order valence-electron chi connectivity index (χ1n) is 7.26. The number of aryl methyl sites for hydroxylation is 1. The van der Waals surface area contributed by atoms with Crippen LogP contribution in [-0.2, 0) is 0 Å². The normalized spacial score (nSPS) is 18.1. The summed E-state index contributed by atoms with van der Waals surface area (Å²) in [5.74, 6) is 2.90. The lowest BCUT2D eigenvalue weighted by molar-refractivity contribution is 0.0755.